The SMILES string of the molecule is Oc1c(F)ccc2c1CCC2. The molecule has 0 atom stereocenters. The van der Waals surface area contributed by atoms with E-state index in [9.17, 15) is 9.50 Å². The molecule has 0 saturated heterocycles. The number of halogens is 1. The number of fused-ring (bicyclic) bond motifs is 1. The summed E-state index contributed by atoms with van der Waals surface area (Å²) >= 11 is 0. The first kappa shape index (κ1) is 6.65. The van der Waals surface area contributed by atoms with E-state index in [-0.39, 0.29) is 5.75 Å². The zero-order valence-corrected chi connectivity index (χ0v) is 6.10. The monoisotopic (exact) mass is 152 g/mol. The predicted octanol–water partition coefficient (Wildman–Crippen LogP) is 2.02. The number of hydrogen-bond acceptors (Lipinski definition) is 1. The average molecular weight is 152 g/mol. The van der Waals surface area contributed by atoms with E-state index in [1.807, 2.05) is 0 Å². The first-order chi connectivity index (χ1) is 5.29. The average Bonchev–Trinajstić information content (AvgIpc) is 2.45. The molecule has 11 heavy (non-hydrogen) atoms. The molecular weight excluding hydrogens is 143 g/mol. The molecule has 0 amide bonds. The van der Waals surface area contributed by atoms with Gasteiger partial charge in [0.05, 0.1) is 0 Å². The Morgan fingerprint density at radius 3 is 2.91 bits per heavy atom. The van der Waals surface area contributed by atoms with Crippen molar-refractivity contribution in [2.24, 2.45) is 0 Å². The van der Waals surface area contributed by atoms with Crippen LogP contribution in [-0.2, 0) is 12.8 Å². The molecule has 0 unspecified atom stereocenters. The molecule has 1 aliphatic carbocycles. The highest BCUT2D eigenvalue weighted by atomic mass is 19.1. The third-order valence-electron chi connectivity index (χ3n) is 2.20. The maximum absolute atomic E-state index is 12.7. The lowest BCUT2D eigenvalue weighted by Gasteiger charge is -2.01. The number of aromatic hydroxyl groups is 1. The highest BCUT2D eigenvalue weighted by Crippen LogP contribution is 2.31. The molecule has 0 fully saturated rings. The molecule has 0 saturated carbocycles. The predicted molar refractivity (Wildman–Crippen MR) is 40.1 cm³/mol. The van der Waals surface area contributed by atoms with Gasteiger partial charge >= 0.3 is 0 Å². The molecule has 2 rings (SSSR count). The Morgan fingerprint density at radius 1 is 1.27 bits per heavy atom. The Hall–Kier alpha value is -1.05. The summed E-state index contributed by atoms with van der Waals surface area (Å²) in [7, 11) is 0. The Labute approximate surface area is 64.5 Å². The Morgan fingerprint density at radius 2 is 2.09 bits per heavy atom. The number of phenols is 1. The molecule has 0 radical (unpaired) electrons. The van der Waals surface area contributed by atoms with Gasteiger partial charge in [-0.25, -0.2) is 4.39 Å². The van der Waals surface area contributed by atoms with E-state index in [2.05, 4.69) is 0 Å². The largest absolute Gasteiger partial charge is 0.505 e. The van der Waals surface area contributed by atoms with Crippen LogP contribution < -0.4 is 0 Å². The van der Waals surface area contributed by atoms with Crippen LogP contribution in [0.3, 0.4) is 0 Å². The van der Waals surface area contributed by atoms with E-state index in [1.165, 1.54) is 6.07 Å². The maximum Gasteiger partial charge on any atom is 0.165 e. The minimum atomic E-state index is -0.495. The van der Waals surface area contributed by atoms with Crippen LogP contribution in [0.4, 0.5) is 4.39 Å². The van der Waals surface area contributed by atoms with E-state index in [0.29, 0.717) is 0 Å². The molecule has 58 valence electrons. The quantitative estimate of drug-likeness (QED) is 0.603. The Balaban J connectivity index is 2.62. The lowest BCUT2D eigenvalue weighted by atomic mass is 10.1. The molecule has 1 aromatic rings. The smallest absolute Gasteiger partial charge is 0.165 e. The first-order valence-electron chi connectivity index (χ1n) is 3.78. The molecule has 0 aliphatic heterocycles. The van der Waals surface area contributed by atoms with Crippen LogP contribution in [0.25, 0.3) is 0 Å². The molecule has 1 nitrogen and oxygen atoms in total. The van der Waals surface area contributed by atoms with Gasteiger partial charge in [0.1, 0.15) is 0 Å². The summed E-state index contributed by atoms with van der Waals surface area (Å²) in [6.45, 7) is 0. The fraction of sp³-hybridized carbons (Fsp3) is 0.333. The van der Waals surface area contributed by atoms with Gasteiger partial charge in [-0.3, -0.25) is 0 Å². The van der Waals surface area contributed by atoms with Crippen molar-refractivity contribution >= 4 is 0 Å². The molecule has 1 aliphatic rings. The summed E-state index contributed by atoms with van der Waals surface area (Å²) in [6, 6.07) is 3.09. The Bertz CT molecular complexity index is 294. The van der Waals surface area contributed by atoms with Gasteiger partial charge in [0.2, 0.25) is 0 Å². The maximum atomic E-state index is 12.7. The molecule has 0 spiro atoms. The second-order valence-corrected chi connectivity index (χ2v) is 2.89. The molecule has 0 heterocycles. The minimum Gasteiger partial charge on any atom is -0.505 e. The molecule has 2 heteroatoms. The lowest BCUT2D eigenvalue weighted by Crippen LogP contribution is -1.85. The summed E-state index contributed by atoms with van der Waals surface area (Å²) in [5.41, 5.74) is 1.91. The number of benzene rings is 1. The Kier molecular flexibility index (Phi) is 1.34. The van der Waals surface area contributed by atoms with Crippen LogP contribution in [-0.4, -0.2) is 5.11 Å². The van der Waals surface area contributed by atoms with Crippen LogP contribution in [0.1, 0.15) is 17.5 Å². The molecule has 1 N–H and O–H groups in total. The number of rotatable bonds is 0. The van der Waals surface area contributed by atoms with Crippen molar-refractivity contribution < 1.29 is 9.50 Å². The van der Waals surface area contributed by atoms with Crippen molar-refractivity contribution in [3.63, 3.8) is 0 Å². The van der Waals surface area contributed by atoms with Crippen LogP contribution in [0.2, 0.25) is 0 Å². The molecular formula is C9H9FO. The topological polar surface area (TPSA) is 20.2 Å². The summed E-state index contributed by atoms with van der Waals surface area (Å²) in [6.07, 6.45) is 2.83. The number of phenolic OH excluding ortho intramolecular Hbond substituents is 1. The van der Waals surface area contributed by atoms with Gasteiger partial charge in [-0.2, -0.15) is 0 Å². The van der Waals surface area contributed by atoms with Crippen LogP contribution in [0.5, 0.6) is 5.75 Å². The fourth-order valence-corrected chi connectivity index (χ4v) is 1.62. The summed E-state index contributed by atoms with van der Waals surface area (Å²) < 4.78 is 12.7. The third kappa shape index (κ3) is 0.897. The van der Waals surface area contributed by atoms with Gasteiger partial charge in [-0.15, -0.1) is 0 Å². The van der Waals surface area contributed by atoms with Gasteiger partial charge < -0.3 is 5.11 Å². The van der Waals surface area contributed by atoms with Crippen LogP contribution >= 0.6 is 0 Å². The zero-order chi connectivity index (χ0) is 7.84. The molecule has 0 aromatic heterocycles. The summed E-state index contributed by atoms with van der Waals surface area (Å²) in [4.78, 5) is 0. The highest BCUT2D eigenvalue weighted by Gasteiger charge is 2.16. The summed E-state index contributed by atoms with van der Waals surface area (Å²) in [5, 5.41) is 9.24. The summed E-state index contributed by atoms with van der Waals surface area (Å²) in [5.74, 6) is -0.634. The number of hydrogen-bond donors (Lipinski definition) is 1. The fourth-order valence-electron chi connectivity index (χ4n) is 1.62. The minimum absolute atomic E-state index is 0.139. The normalized spacial score (nSPS) is 15.0. The number of aryl methyl sites for hydroxylation is 1. The van der Waals surface area contributed by atoms with Crippen molar-refractivity contribution in [3.05, 3.63) is 29.1 Å². The highest BCUT2D eigenvalue weighted by molar-refractivity contribution is 5.42. The van der Waals surface area contributed by atoms with E-state index in [4.69, 9.17) is 0 Å². The van der Waals surface area contributed by atoms with E-state index in [0.717, 1.165) is 30.4 Å². The van der Waals surface area contributed by atoms with Crippen molar-refractivity contribution in [2.45, 2.75) is 19.3 Å². The standard InChI is InChI=1S/C9H9FO/c10-8-5-4-6-2-1-3-7(6)9(8)11/h4-5,11H,1-3H2. The van der Waals surface area contributed by atoms with Crippen molar-refractivity contribution in [1.82, 2.24) is 0 Å². The second kappa shape index (κ2) is 2.22. The van der Waals surface area contributed by atoms with Gasteiger partial charge in [-0.05, 0) is 30.9 Å². The zero-order valence-electron chi connectivity index (χ0n) is 6.10. The van der Waals surface area contributed by atoms with Crippen molar-refractivity contribution in [2.75, 3.05) is 0 Å². The van der Waals surface area contributed by atoms with Crippen LogP contribution in [0.15, 0.2) is 12.1 Å². The van der Waals surface area contributed by atoms with E-state index < -0.39 is 5.82 Å². The van der Waals surface area contributed by atoms with E-state index >= 15 is 0 Å². The third-order valence-corrected chi connectivity index (χ3v) is 2.20. The first-order valence-corrected chi connectivity index (χ1v) is 3.78. The molecule has 1 aromatic carbocycles. The van der Waals surface area contributed by atoms with E-state index in [1.54, 1.807) is 6.07 Å². The van der Waals surface area contributed by atoms with Crippen molar-refractivity contribution in [1.29, 1.82) is 0 Å². The molecule has 0 bridgehead atoms. The van der Waals surface area contributed by atoms with Gasteiger partial charge in [0.15, 0.2) is 11.6 Å². The second-order valence-electron chi connectivity index (χ2n) is 2.89. The van der Waals surface area contributed by atoms with Gasteiger partial charge in [0.25, 0.3) is 0 Å². The van der Waals surface area contributed by atoms with Crippen molar-refractivity contribution in [3.8, 4) is 5.75 Å². The van der Waals surface area contributed by atoms with Gasteiger partial charge in [-0.1, -0.05) is 6.07 Å². The van der Waals surface area contributed by atoms with Gasteiger partial charge in [0, 0.05) is 5.56 Å². The lowest BCUT2D eigenvalue weighted by molar-refractivity contribution is 0.427. The van der Waals surface area contributed by atoms with Crippen LogP contribution in [0, 0.1) is 5.82 Å².